The SMILES string of the molecule is COc1ccc(/C=c2/oc3n(c2=O)CC(=O)CON=3)c(OC)c1. The van der Waals surface area contributed by atoms with E-state index in [-0.39, 0.29) is 30.0 Å². The van der Waals surface area contributed by atoms with Gasteiger partial charge in [0.25, 0.3) is 5.56 Å². The van der Waals surface area contributed by atoms with Crippen molar-refractivity contribution in [2.75, 3.05) is 20.8 Å². The number of nitrogens with zero attached hydrogens (tertiary/aromatic N) is 2. The number of carbonyl (C=O) groups is 1. The van der Waals surface area contributed by atoms with Crippen LogP contribution in [0.4, 0.5) is 0 Å². The van der Waals surface area contributed by atoms with Gasteiger partial charge in [-0.15, -0.1) is 0 Å². The van der Waals surface area contributed by atoms with E-state index < -0.39 is 5.56 Å². The van der Waals surface area contributed by atoms with E-state index in [1.807, 2.05) is 0 Å². The Morgan fingerprint density at radius 2 is 2.09 bits per heavy atom. The number of ketones is 1. The Morgan fingerprint density at radius 3 is 2.83 bits per heavy atom. The number of carbonyl (C=O) groups excluding carboxylic acids is 1. The lowest BCUT2D eigenvalue weighted by molar-refractivity contribution is -0.123. The molecule has 0 aliphatic carbocycles. The zero-order chi connectivity index (χ0) is 16.4. The molecule has 0 spiro atoms. The molecule has 1 aromatic heterocycles. The van der Waals surface area contributed by atoms with Crippen molar-refractivity contribution < 1.29 is 23.5 Å². The fraction of sp³-hybridized carbons (Fsp3) is 0.267. The molecule has 0 atom stereocenters. The summed E-state index contributed by atoms with van der Waals surface area (Å²) in [6, 6.07) is 5.15. The minimum atomic E-state index is -0.458. The van der Waals surface area contributed by atoms with Gasteiger partial charge in [0, 0.05) is 11.6 Å². The predicted octanol–water partition coefficient (Wildman–Crippen LogP) is -0.579. The second-order valence-electron chi connectivity index (χ2n) is 4.80. The molecule has 2 aromatic rings. The van der Waals surface area contributed by atoms with Crippen molar-refractivity contribution in [3.8, 4) is 11.5 Å². The lowest BCUT2D eigenvalue weighted by atomic mass is 10.2. The van der Waals surface area contributed by atoms with Gasteiger partial charge in [-0.1, -0.05) is 0 Å². The van der Waals surface area contributed by atoms with Crippen LogP contribution < -0.4 is 26.1 Å². The quantitative estimate of drug-likeness (QED) is 0.752. The van der Waals surface area contributed by atoms with Crippen LogP contribution in [0.15, 0.2) is 32.6 Å². The summed E-state index contributed by atoms with van der Waals surface area (Å²) < 4.78 is 16.9. The van der Waals surface area contributed by atoms with E-state index in [1.54, 1.807) is 25.3 Å². The third-order valence-corrected chi connectivity index (χ3v) is 3.32. The van der Waals surface area contributed by atoms with Crippen molar-refractivity contribution >= 4 is 11.9 Å². The monoisotopic (exact) mass is 318 g/mol. The van der Waals surface area contributed by atoms with Gasteiger partial charge in [-0.3, -0.25) is 9.59 Å². The second-order valence-corrected chi connectivity index (χ2v) is 4.80. The van der Waals surface area contributed by atoms with Crippen LogP contribution in [-0.2, 0) is 16.2 Å². The third-order valence-electron chi connectivity index (χ3n) is 3.32. The summed E-state index contributed by atoms with van der Waals surface area (Å²) in [5, 5.41) is 3.63. The van der Waals surface area contributed by atoms with Gasteiger partial charge in [-0.2, -0.15) is 0 Å². The molecular weight excluding hydrogens is 304 g/mol. The van der Waals surface area contributed by atoms with E-state index >= 15 is 0 Å². The first-order valence-corrected chi connectivity index (χ1v) is 6.77. The Labute approximate surface area is 130 Å². The van der Waals surface area contributed by atoms with E-state index in [9.17, 15) is 9.59 Å². The van der Waals surface area contributed by atoms with Gasteiger partial charge in [0.05, 0.1) is 20.8 Å². The van der Waals surface area contributed by atoms with Crippen LogP contribution >= 0.6 is 0 Å². The fourth-order valence-electron chi connectivity index (χ4n) is 2.18. The standard InChI is InChI=1S/C15H14N2O6/c1-20-11-4-3-9(12(6-11)21-2)5-13-14(19)17-7-10(18)8-22-16-15(17)23-13/h3-6H,7-8H2,1-2H3/b13-5+. The number of fused-ring (bicyclic) bond motifs is 1. The summed E-state index contributed by atoms with van der Waals surface area (Å²) >= 11 is 0. The first kappa shape index (κ1) is 14.9. The molecule has 1 aromatic carbocycles. The average Bonchev–Trinajstić information content (AvgIpc) is 2.73. The summed E-state index contributed by atoms with van der Waals surface area (Å²) in [5.41, 5.74) is 0.160. The fourth-order valence-corrected chi connectivity index (χ4v) is 2.18. The van der Waals surface area contributed by atoms with Gasteiger partial charge in [0.1, 0.15) is 11.5 Å². The molecule has 0 bridgehead atoms. The molecule has 1 aliphatic heterocycles. The minimum absolute atomic E-state index is 0.0329. The summed E-state index contributed by atoms with van der Waals surface area (Å²) in [5.74, 6) is 0.883. The highest BCUT2D eigenvalue weighted by Crippen LogP contribution is 2.24. The Morgan fingerprint density at radius 1 is 1.26 bits per heavy atom. The van der Waals surface area contributed by atoms with Crippen LogP contribution in [0.25, 0.3) is 6.08 Å². The molecular formula is C15H14N2O6. The molecule has 3 rings (SSSR count). The number of ether oxygens (including phenoxy) is 2. The minimum Gasteiger partial charge on any atom is -0.497 e. The van der Waals surface area contributed by atoms with Crippen molar-refractivity contribution in [2.24, 2.45) is 5.16 Å². The molecule has 0 radical (unpaired) electrons. The van der Waals surface area contributed by atoms with E-state index in [0.29, 0.717) is 17.1 Å². The zero-order valence-corrected chi connectivity index (χ0v) is 12.6. The number of oxazole rings is 1. The molecule has 8 nitrogen and oxygen atoms in total. The number of rotatable bonds is 3. The molecule has 120 valence electrons. The molecule has 0 saturated heterocycles. The molecule has 0 N–H and O–H groups in total. The lowest BCUT2D eigenvalue weighted by Crippen LogP contribution is -2.33. The van der Waals surface area contributed by atoms with Gasteiger partial charge in [-0.25, -0.2) is 4.57 Å². The van der Waals surface area contributed by atoms with Crippen molar-refractivity contribution in [2.45, 2.75) is 6.54 Å². The summed E-state index contributed by atoms with van der Waals surface area (Å²) in [7, 11) is 3.06. The highest BCUT2D eigenvalue weighted by atomic mass is 16.6. The highest BCUT2D eigenvalue weighted by Gasteiger charge is 2.16. The van der Waals surface area contributed by atoms with Gasteiger partial charge >= 0.3 is 5.68 Å². The zero-order valence-electron chi connectivity index (χ0n) is 12.6. The number of Topliss-reactive ketones (excluding diaryl/α,β-unsaturated/α-hetero) is 1. The van der Waals surface area contributed by atoms with Gasteiger partial charge < -0.3 is 18.7 Å². The van der Waals surface area contributed by atoms with Crippen molar-refractivity contribution in [3.05, 3.63) is 45.2 Å². The molecule has 0 fully saturated rings. The van der Waals surface area contributed by atoms with Crippen LogP contribution in [0.2, 0.25) is 0 Å². The molecule has 23 heavy (non-hydrogen) atoms. The maximum absolute atomic E-state index is 12.3. The summed E-state index contributed by atoms with van der Waals surface area (Å²) in [6.45, 7) is -0.309. The highest BCUT2D eigenvalue weighted by molar-refractivity contribution is 5.79. The summed E-state index contributed by atoms with van der Waals surface area (Å²) in [6.07, 6.45) is 1.52. The molecule has 0 amide bonds. The van der Waals surface area contributed by atoms with Crippen LogP contribution in [-0.4, -0.2) is 31.2 Å². The number of hydrogen-bond donors (Lipinski definition) is 0. The topological polar surface area (TPSA) is 92.3 Å². The van der Waals surface area contributed by atoms with Crippen LogP contribution in [0.1, 0.15) is 5.56 Å². The molecule has 0 saturated carbocycles. The average molecular weight is 318 g/mol. The van der Waals surface area contributed by atoms with Gasteiger partial charge in [0.15, 0.2) is 17.8 Å². The number of aromatic nitrogens is 1. The molecule has 2 heterocycles. The Hall–Kier alpha value is -3.03. The largest absolute Gasteiger partial charge is 0.497 e. The number of benzene rings is 1. The first-order valence-electron chi connectivity index (χ1n) is 6.77. The molecule has 8 heteroatoms. The van der Waals surface area contributed by atoms with E-state index in [1.165, 1.54) is 13.2 Å². The summed E-state index contributed by atoms with van der Waals surface area (Å²) in [4.78, 5) is 28.6. The maximum atomic E-state index is 12.3. The van der Waals surface area contributed by atoms with E-state index in [4.69, 9.17) is 18.7 Å². The molecule has 1 aliphatic rings. The first-order chi connectivity index (χ1) is 11.1. The Bertz CT molecular complexity index is 924. The van der Waals surface area contributed by atoms with E-state index in [0.717, 1.165) is 4.57 Å². The predicted molar refractivity (Wildman–Crippen MR) is 77.8 cm³/mol. The second kappa shape index (κ2) is 5.99. The number of methoxy groups -OCH3 is 2. The van der Waals surface area contributed by atoms with Crippen molar-refractivity contribution in [3.63, 3.8) is 0 Å². The lowest BCUT2D eigenvalue weighted by Gasteiger charge is -2.06. The Balaban J connectivity index is 2.15. The molecule has 0 unspecified atom stereocenters. The third kappa shape index (κ3) is 2.83. The van der Waals surface area contributed by atoms with Crippen LogP contribution in [0, 0.1) is 0 Å². The Kier molecular flexibility index (Phi) is 3.88. The van der Waals surface area contributed by atoms with E-state index in [2.05, 4.69) is 5.16 Å². The number of hydrogen-bond acceptors (Lipinski definition) is 7. The van der Waals surface area contributed by atoms with Gasteiger partial charge in [0.2, 0.25) is 0 Å². The maximum Gasteiger partial charge on any atom is 0.339 e. The van der Waals surface area contributed by atoms with Crippen molar-refractivity contribution in [1.82, 2.24) is 4.57 Å². The van der Waals surface area contributed by atoms with Crippen molar-refractivity contribution in [1.29, 1.82) is 0 Å². The normalized spacial score (nSPS) is 14.5. The van der Waals surface area contributed by atoms with Crippen LogP contribution in [0.5, 0.6) is 11.5 Å². The van der Waals surface area contributed by atoms with Crippen LogP contribution in [0.3, 0.4) is 0 Å². The van der Waals surface area contributed by atoms with Gasteiger partial charge in [-0.05, 0) is 23.4 Å². The smallest absolute Gasteiger partial charge is 0.339 e.